The van der Waals surface area contributed by atoms with Gasteiger partial charge in [-0.1, -0.05) is 34.1 Å². The van der Waals surface area contributed by atoms with Crippen LogP contribution in [0.15, 0.2) is 47.1 Å². The fourth-order valence-electron chi connectivity index (χ4n) is 2.72. The number of pyridine rings is 1. The number of nitrogens with zero attached hydrogens (tertiary/aromatic N) is 1. The van der Waals surface area contributed by atoms with Crippen LogP contribution in [-0.2, 0) is 6.54 Å². The molecular weight excluding hydrogens is 328 g/mol. The minimum absolute atomic E-state index is 0.607. The van der Waals surface area contributed by atoms with Gasteiger partial charge in [0.25, 0.3) is 0 Å². The van der Waals surface area contributed by atoms with Crippen molar-refractivity contribution in [1.82, 2.24) is 10.3 Å². The summed E-state index contributed by atoms with van der Waals surface area (Å²) in [4.78, 5) is 4.22. The first-order valence-electron chi connectivity index (χ1n) is 7.22. The van der Waals surface area contributed by atoms with Crippen molar-refractivity contribution in [2.75, 3.05) is 7.11 Å². The second kappa shape index (κ2) is 6.58. The van der Waals surface area contributed by atoms with Crippen molar-refractivity contribution >= 4 is 15.9 Å². The highest BCUT2D eigenvalue weighted by atomic mass is 79.9. The van der Waals surface area contributed by atoms with E-state index in [-0.39, 0.29) is 0 Å². The van der Waals surface area contributed by atoms with Crippen LogP contribution in [0.25, 0.3) is 0 Å². The summed E-state index contributed by atoms with van der Waals surface area (Å²) in [6.45, 7) is 0.868. The van der Waals surface area contributed by atoms with Crippen molar-refractivity contribution in [1.29, 1.82) is 0 Å². The minimum atomic E-state index is 0.607. The molecular formula is C17H19BrN2O. The highest BCUT2D eigenvalue weighted by Crippen LogP contribution is 2.37. The van der Waals surface area contributed by atoms with Gasteiger partial charge in [-0.3, -0.25) is 0 Å². The topological polar surface area (TPSA) is 34.1 Å². The van der Waals surface area contributed by atoms with Gasteiger partial charge < -0.3 is 10.1 Å². The summed E-state index contributed by atoms with van der Waals surface area (Å²) in [6.07, 6.45) is 4.29. The number of ether oxygens (including phenoxy) is 1. The number of halogens is 1. The normalized spacial score (nSPS) is 20.9. The van der Waals surface area contributed by atoms with E-state index in [0.717, 1.165) is 6.54 Å². The fraction of sp³-hybridized carbons (Fsp3) is 0.353. The first-order chi connectivity index (χ1) is 10.2. The lowest BCUT2D eigenvalue weighted by atomic mass is 9.76. The van der Waals surface area contributed by atoms with Gasteiger partial charge >= 0.3 is 0 Å². The molecule has 3 rings (SSSR count). The Morgan fingerprint density at radius 3 is 2.81 bits per heavy atom. The first kappa shape index (κ1) is 14.5. The first-order valence-corrected chi connectivity index (χ1v) is 8.01. The molecule has 4 heteroatoms. The van der Waals surface area contributed by atoms with E-state index in [1.807, 2.05) is 12.3 Å². The Morgan fingerprint density at radius 2 is 2.14 bits per heavy atom. The molecule has 0 unspecified atom stereocenters. The third kappa shape index (κ3) is 3.63. The summed E-state index contributed by atoms with van der Waals surface area (Å²) in [7, 11) is 1.64. The quantitative estimate of drug-likeness (QED) is 0.891. The Bertz CT molecular complexity index is 594. The summed E-state index contributed by atoms with van der Waals surface area (Å²) >= 11 is 3.54. The molecule has 1 aliphatic rings. The monoisotopic (exact) mass is 346 g/mol. The maximum absolute atomic E-state index is 5.06. The van der Waals surface area contributed by atoms with Crippen LogP contribution in [0.1, 0.15) is 29.9 Å². The van der Waals surface area contributed by atoms with Crippen molar-refractivity contribution in [2.24, 2.45) is 0 Å². The van der Waals surface area contributed by atoms with E-state index in [4.69, 9.17) is 4.74 Å². The summed E-state index contributed by atoms with van der Waals surface area (Å²) in [5, 5.41) is 3.59. The molecule has 1 fully saturated rings. The van der Waals surface area contributed by atoms with Gasteiger partial charge in [0, 0.05) is 29.3 Å². The molecule has 110 valence electrons. The van der Waals surface area contributed by atoms with Crippen LogP contribution in [0.3, 0.4) is 0 Å². The van der Waals surface area contributed by atoms with Crippen LogP contribution in [-0.4, -0.2) is 18.1 Å². The lowest BCUT2D eigenvalue weighted by molar-refractivity contribution is 0.289. The lowest BCUT2D eigenvalue weighted by Crippen LogP contribution is -2.39. The predicted octanol–water partition coefficient (Wildman–Crippen LogP) is 3.89. The number of aromatic nitrogens is 1. The molecule has 1 aromatic heterocycles. The van der Waals surface area contributed by atoms with E-state index in [2.05, 4.69) is 56.6 Å². The van der Waals surface area contributed by atoms with Crippen LogP contribution >= 0.6 is 15.9 Å². The molecule has 1 aromatic carbocycles. The standard InChI is InChI=1S/C17H19BrN2O/c1-21-17-6-5-12(11-20-17)10-19-16-8-14(9-16)13-3-2-4-15(18)7-13/h2-7,11,14,16,19H,8-10H2,1H3. The summed E-state index contributed by atoms with van der Waals surface area (Å²) in [5.41, 5.74) is 2.63. The molecule has 1 aliphatic carbocycles. The van der Waals surface area contributed by atoms with Crippen molar-refractivity contribution in [3.05, 3.63) is 58.2 Å². The molecule has 0 radical (unpaired) electrons. The smallest absolute Gasteiger partial charge is 0.212 e. The van der Waals surface area contributed by atoms with Gasteiger partial charge in [0.05, 0.1) is 7.11 Å². The molecule has 2 aromatic rings. The van der Waals surface area contributed by atoms with Gasteiger partial charge in [-0.2, -0.15) is 0 Å². The molecule has 0 atom stereocenters. The van der Waals surface area contributed by atoms with E-state index in [9.17, 15) is 0 Å². The number of rotatable bonds is 5. The molecule has 0 spiro atoms. The zero-order valence-electron chi connectivity index (χ0n) is 12.1. The van der Waals surface area contributed by atoms with Gasteiger partial charge in [0.1, 0.15) is 0 Å². The summed E-state index contributed by atoms with van der Waals surface area (Å²) in [5.74, 6) is 1.35. The molecule has 3 nitrogen and oxygen atoms in total. The van der Waals surface area contributed by atoms with E-state index in [0.29, 0.717) is 17.8 Å². The minimum Gasteiger partial charge on any atom is -0.481 e. The average molecular weight is 347 g/mol. The van der Waals surface area contributed by atoms with Crippen molar-refractivity contribution < 1.29 is 4.74 Å². The SMILES string of the molecule is COc1ccc(CNC2CC(c3cccc(Br)c3)C2)cn1. The van der Waals surface area contributed by atoms with Gasteiger partial charge in [-0.05, 0) is 42.0 Å². The highest BCUT2D eigenvalue weighted by molar-refractivity contribution is 9.10. The van der Waals surface area contributed by atoms with E-state index in [1.165, 1.54) is 28.4 Å². The molecule has 1 heterocycles. The molecule has 0 saturated heterocycles. The van der Waals surface area contributed by atoms with Crippen LogP contribution < -0.4 is 10.1 Å². The van der Waals surface area contributed by atoms with Crippen LogP contribution in [0.4, 0.5) is 0 Å². The Hall–Kier alpha value is -1.39. The molecule has 21 heavy (non-hydrogen) atoms. The van der Waals surface area contributed by atoms with Crippen molar-refractivity contribution in [3.63, 3.8) is 0 Å². The lowest BCUT2D eigenvalue weighted by Gasteiger charge is -2.36. The van der Waals surface area contributed by atoms with Crippen LogP contribution in [0.5, 0.6) is 5.88 Å². The van der Waals surface area contributed by atoms with E-state index >= 15 is 0 Å². The summed E-state index contributed by atoms with van der Waals surface area (Å²) < 4.78 is 6.23. The summed E-state index contributed by atoms with van der Waals surface area (Å²) in [6, 6.07) is 13.2. The van der Waals surface area contributed by atoms with Gasteiger partial charge in [0.2, 0.25) is 5.88 Å². The Labute approximate surface area is 133 Å². The number of hydrogen-bond acceptors (Lipinski definition) is 3. The molecule has 0 bridgehead atoms. The Balaban J connectivity index is 1.46. The van der Waals surface area contributed by atoms with Crippen LogP contribution in [0.2, 0.25) is 0 Å². The second-order valence-corrected chi connectivity index (χ2v) is 6.43. The number of hydrogen-bond donors (Lipinski definition) is 1. The molecule has 0 amide bonds. The Morgan fingerprint density at radius 1 is 1.29 bits per heavy atom. The molecule has 1 N–H and O–H groups in total. The fourth-order valence-corrected chi connectivity index (χ4v) is 3.13. The average Bonchev–Trinajstić information content (AvgIpc) is 2.46. The van der Waals surface area contributed by atoms with E-state index in [1.54, 1.807) is 7.11 Å². The molecule has 1 saturated carbocycles. The number of nitrogens with one attached hydrogen (secondary N) is 1. The maximum Gasteiger partial charge on any atom is 0.212 e. The molecule has 0 aliphatic heterocycles. The second-order valence-electron chi connectivity index (χ2n) is 5.51. The number of benzene rings is 1. The number of methoxy groups -OCH3 is 1. The third-order valence-corrected chi connectivity index (χ3v) is 4.55. The maximum atomic E-state index is 5.06. The zero-order valence-corrected chi connectivity index (χ0v) is 13.6. The van der Waals surface area contributed by atoms with Gasteiger partial charge in [-0.25, -0.2) is 4.98 Å². The van der Waals surface area contributed by atoms with Crippen molar-refractivity contribution in [3.8, 4) is 5.88 Å². The zero-order chi connectivity index (χ0) is 14.7. The third-order valence-electron chi connectivity index (χ3n) is 4.06. The Kier molecular flexibility index (Phi) is 4.56. The van der Waals surface area contributed by atoms with Crippen molar-refractivity contribution in [2.45, 2.75) is 31.3 Å². The van der Waals surface area contributed by atoms with Gasteiger partial charge in [0.15, 0.2) is 0 Å². The highest BCUT2D eigenvalue weighted by Gasteiger charge is 2.29. The predicted molar refractivity (Wildman–Crippen MR) is 87.5 cm³/mol. The largest absolute Gasteiger partial charge is 0.481 e. The van der Waals surface area contributed by atoms with Gasteiger partial charge in [-0.15, -0.1) is 0 Å². The van der Waals surface area contributed by atoms with Crippen LogP contribution in [0, 0.1) is 0 Å². The van der Waals surface area contributed by atoms with E-state index < -0.39 is 0 Å².